The Morgan fingerprint density at radius 2 is 1.38 bits per heavy atom. The highest BCUT2D eigenvalue weighted by Crippen LogP contribution is 2.23. The molecule has 3 rings (SSSR count). The van der Waals surface area contributed by atoms with Gasteiger partial charge in [0.25, 0.3) is 0 Å². The predicted octanol–water partition coefficient (Wildman–Crippen LogP) is 6.06. The van der Waals surface area contributed by atoms with Gasteiger partial charge in [0, 0.05) is 11.3 Å². The van der Waals surface area contributed by atoms with Gasteiger partial charge in [-0.3, -0.25) is 0 Å². The Bertz CT molecular complexity index is 779. The minimum Gasteiger partial charge on any atom is -0.385 e. The van der Waals surface area contributed by atoms with E-state index in [4.69, 9.17) is 9.59 Å². The molecular formula is C25H33F3N2O2. The highest BCUT2D eigenvalue weighted by Gasteiger charge is 2.28. The molecule has 1 N–H and O–H groups in total. The Morgan fingerprint density at radius 1 is 0.875 bits per heavy atom. The SMILES string of the molecule is Cc1cccc(C)c1NCC[N+]1(Cc2ccccc2)CCCCCC1.F[C-](F)F.O=C=O. The number of likely N-dealkylation sites (tertiary alicyclic amines) is 1. The third-order valence-electron chi connectivity index (χ3n) is 5.74. The molecule has 2 aromatic rings. The van der Waals surface area contributed by atoms with Gasteiger partial charge in [0.15, 0.2) is 6.68 Å². The van der Waals surface area contributed by atoms with Gasteiger partial charge in [-0.2, -0.15) is 9.59 Å². The molecule has 4 nitrogen and oxygen atoms in total. The second-order valence-corrected chi connectivity index (χ2v) is 8.06. The first kappa shape index (κ1) is 27.4. The Kier molecular flexibility index (Phi) is 13.0. The molecule has 0 amide bonds. The maximum atomic E-state index is 9.58. The number of hydrogen-bond donors (Lipinski definition) is 1. The first-order chi connectivity index (χ1) is 15.3. The molecule has 1 fully saturated rings. The van der Waals surface area contributed by atoms with Crippen LogP contribution in [0.2, 0.25) is 0 Å². The number of aryl methyl sites for hydroxylation is 2. The quantitative estimate of drug-likeness (QED) is 0.430. The van der Waals surface area contributed by atoms with Crippen LogP contribution in [-0.4, -0.2) is 36.8 Å². The molecule has 1 saturated heterocycles. The summed E-state index contributed by atoms with van der Waals surface area (Å²) in [6, 6.07) is 17.6. The minimum atomic E-state index is -3.08. The first-order valence-corrected chi connectivity index (χ1v) is 10.9. The highest BCUT2D eigenvalue weighted by atomic mass is 19.4. The molecule has 0 spiro atoms. The summed E-state index contributed by atoms with van der Waals surface area (Å²) in [6.07, 6.45) is 5.80. The van der Waals surface area contributed by atoms with Crippen LogP contribution in [0.5, 0.6) is 0 Å². The molecule has 0 radical (unpaired) electrons. The molecule has 0 aromatic heterocycles. The molecule has 1 aliphatic rings. The number of carbonyl (C=O) groups excluding carboxylic acids is 2. The zero-order valence-electron chi connectivity index (χ0n) is 18.9. The van der Waals surface area contributed by atoms with Crippen LogP contribution in [0, 0.1) is 20.5 Å². The Labute approximate surface area is 189 Å². The van der Waals surface area contributed by atoms with E-state index in [1.807, 2.05) is 0 Å². The van der Waals surface area contributed by atoms with Crippen molar-refractivity contribution >= 4 is 11.8 Å². The molecule has 1 heterocycles. The highest BCUT2D eigenvalue weighted by molar-refractivity contribution is 5.56. The van der Waals surface area contributed by atoms with E-state index in [0.29, 0.717) is 0 Å². The van der Waals surface area contributed by atoms with Crippen molar-refractivity contribution in [1.29, 1.82) is 0 Å². The van der Waals surface area contributed by atoms with Gasteiger partial charge < -0.3 is 23.0 Å². The average Bonchev–Trinajstić information content (AvgIpc) is 2.97. The topological polar surface area (TPSA) is 46.2 Å². The zero-order chi connectivity index (χ0) is 23.8. The van der Waals surface area contributed by atoms with Crippen molar-refractivity contribution in [2.75, 3.05) is 31.5 Å². The molecule has 0 aliphatic carbocycles. The van der Waals surface area contributed by atoms with E-state index in [1.165, 1.54) is 78.7 Å². The molecule has 0 unspecified atom stereocenters. The lowest BCUT2D eigenvalue weighted by atomic mass is 10.1. The van der Waals surface area contributed by atoms with Crippen LogP contribution < -0.4 is 5.32 Å². The number of rotatable bonds is 6. The third-order valence-corrected chi connectivity index (χ3v) is 5.74. The van der Waals surface area contributed by atoms with Crippen molar-refractivity contribution in [3.63, 3.8) is 0 Å². The summed E-state index contributed by atoms with van der Waals surface area (Å²) >= 11 is 0. The predicted molar refractivity (Wildman–Crippen MR) is 119 cm³/mol. The fourth-order valence-electron chi connectivity index (χ4n) is 4.30. The lowest BCUT2D eigenvalue weighted by Gasteiger charge is -2.38. The smallest absolute Gasteiger partial charge is 0.373 e. The summed E-state index contributed by atoms with van der Waals surface area (Å²) in [4.78, 5) is 16.2. The van der Waals surface area contributed by atoms with Gasteiger partial charge in [0.1, 0.15) is 6.54 Å². The molecule has 0 bridgehead atoms. The van der Waals surface area contributed by atoms with Crippen molar-refractivity contribution in [2.24, 2.45) is 0 Å². The van der Waals surface area contributed by atoms with Crippen LogP contribution in [0.15, 0.2) is 48.5 Å². The molecule has 0 saturated carbocycles. The average molecular weight is 451 g/mol. The minimum absolute atomic E-state index is 0.250. The van der Waals surface area contributed by atoms with E-state index in [0.717, 1.165) is 6.54 Å². The fourth-order valence-corrected chi connectivity index (χ4v) is 4.30. The van der Waals surface area contributed by atoms with Crippen molar-refractivity contribution < 1.29 is 27.2 Å². The van der Waals surface area contributed by atoms with Crippen LogP contribution in [0.1, 0.15) is 42.4 Å². The van der Waals surface area contributed by atoms with Gasteiger partial charge in [0.05, 0.1) is 26.2 Å². The molecule has 32 heavy (non-hydrogen) atoms. The number of quaternary nitrogens is 1. The fraction of sp³-hybridized carbons (Fsp3) is 0.440. The summed E-state index contributed by atoms with van der Waals surface area (Å²) < 4.78 is 30.0. The van der Waals surface area contributed by atoms with Crippen LogP contribution in [-0.2, 0) is 16.1 Å². The maximum absolute atomic E-state index is 9.58. The number of nitrogens with one attached hydrogen (secondary N) is 1. The zero-order valence-corrected chi connectivity index (χ0v) is 18.9. The normalized spacial score (nSPS) is 14.7. The molecule has 1 aliphatic heterocycles. The number of benzene rings is 2. The summed E-state index contributed by atoms with van der Waals surface area (Å²) in [5, 5.41) is 3.74. The number of para-hydroxylation sites is 1. The lowest BCUT2D eigenvalue weighted by molar-refractivity contribution is -0.938. The van der Waals surface area contributed by atoms with Gasteiger partial charge in [-0.15, -0.1) is 0 Å². The van der Waals surface area contributed by atoms with Crippen molar-refractivity contribution in [3.8, 4) is 0 Å². The first-order valence-electron chi connectivity index (χ1n) is 10.9. The second-order valence-electron chi connectivity index (χ2n) is 8.06. The molecule has 176 valence electrons. The number of nitrogens with zero attached hydrogens (tertiary/aromatic N) is 1. The van der Waals surface area contributed by atoms with E-state index in [9.17, 15) is 13.2 Å². The molecule has 7 heteroatoms. The van der Waals surface area contributed by atoms with E-state index in [1.54, 1.807) is 0 Å². The largest absolute Gasteiger partial charge is 0.385 e. The van der Waals surface area contributed by atoms with Crippen molar-refractivity contribution in [1.82, 2.24) is 0 Å². The summed E-state index contributed by atoms with van der Waals surface area (Å²) in [6.45, 7) is 7.41. The number of hydrogen-bond acceptors (Lipinski definition) is 3. The standard InChI is InChI=1S/C23H33N2.CF3.CO2/c1-20-11-10-12-21(2)23(20)24-15-18-25(16-8-3-4-9-17-25)19-22-13-6-5-7-14-22;2-1(3)4;2-1-3/h5-7,10-14,24H,3-4,8-9,15-19H2,1-2H3;;/q+1;-1;. The monoisotopic (exact) mass is 450 g/mol. The maximum Gasteiger partial charge on any atom is 0.373 e. The Morgan fingerprint density at radius 3 is 1.88 bits per heavy atom. The Hall–Kier alpha value is -2.63. The lowest BCUT2D eigenvalue weighted by Crippen LogP contribution is -2.50. The van der Waals surface area contributed by atoms with E-state index in [2.05, 4.69) is 67.7 Å². The van der Waals surface area contributed by atoms with E-state index in [-0.39, 0.29) is 6.15 Å². The van der Waals surface area contributed by atoms with Crippen molar-refractivity contribution in [3.05, 3.63) is 71.9 Å². The summed E-state index contributed by atoms with van der Waals surface area (Å²) in [5.41, 5.74) is 5.52. The van der Waals surface area contributed by atoms with Gasteiger partial charge in [0.2, 0.25) is 0 Å². The third kappa shape index (κ3) is 10.6. The van der Waals surface area contributed by atoms with Crippen LogP contribution in [0.25, 0.3) is 0 Å². The molecule has 2 aromatic carbocycles. The molecule has 0 atom stereocenters. The van der Waals surface area contributed by atoms with Crippen LogP contribution in [0.3, 0.4) is 0 Å². The van der Waals surface area contributed by atoms with Gasteiger partial charge in [-0.05, 0) is 50.7 Å². The molecular weight excluding hydrogens is 417 g/mol. The van der Waals surface area contributed by atoms with E-state index < -0.39 is 6.68 Å². The Balaban J connectivity index is 0.000000645. The van der Waals surface area contributed by atoms with Crippen LogP contribution >= 0.6 is 0 Å². The van der Waals surface area contributed by atoms with E-state index >= 15 is 0 Å². The van der Waals surface area contributed by atoms with Gasteiger partial charge in [-0.1, -0.05) is 48.5 Å². The second kappa shape index (κ2) is 15.2. The number of halogens is 3. The summed E-state index contributed by atoms with van der Waals surface area (Å²) in [5.74, 6) is 0. The van der Waals surface area contributed by atoms with Crippen LogP contribution in [0.4, 0.5) is 18.9 Å². The van der Waals surface area contributed by atoms with Gasteiger partial charge in [-0.25, -0.2) is 0 Å². The summed E-state index contributed by atoms with van der Waals surface area (Å²) in [7, 11) is 0. The van der Waals surface area contributed by atoms with Crippen molar-refractivity contribution in [2.45, 2.75) is 46.1 Å². The van der Waals surface area contributed by atoms with Gasteiger partial charge >= 0.3 is 6.15 Å². The number of anilines is 1.